The van der Waals surface area contributed by atoms with Crippen LogP contribution in [-0.2, 0) is 24.0 Å². The molecule has 1 fully saturated rings. The van der Waals surface area contributed by atoms with Crippen LogP contribution >= 0.6 is 0 Å². The largest absolute Gasteiger partial charge is 0.480 e. The molecule has 1 saturated heterocycles. The van der Waals surface area contributed by atoms with Crippen LogP contribution in [0.5, 0.6) is 0 Å². The maximum absolute atomic E-state index is 12.7. The lowest BCUT2D eigenvalue weighted by atomic mass is 10.1. The molecule has 1 atom stereocenters. The highest BCUT2D eigenvalue weighted by molar-refractivity contribution is 5.85. The van der Waals surface area contributed by atoms with Crippen LogP contribution in [0.4, 0.5) is 0 Å². The minimum absolute atomic E-state index is 0.0357. The molecule has 1 aliphatic rings. The second-order valence-corrected chi connectivity index (χ2v) is 8.72. The van der Waals surface area contributed by atoms with Gasteiger partial charge in [0.1, 0.15) is 6.04 Å². The van der Waals surface area contributed by atoms with Gasteiger partial charge < -0.3 is 30.9 Å². The van der Waals surface area contributed by atoms with Gasteiger partial charge in [0.05, 0.1) is 19.6 Å². The molecule has 0 aromatic heterocycles. The Hall–Kier alpha value is -2.81. The summed E-state index contributed by atoms with van der Waals surface area (Å²) in [6, 6.07) is -1.20. The number of carbonyl (C=O) groups is 5. The molecule has 0 unspecified atom stereocenters. The first-order valence-electron chi connectivity index (χ1n) is 12.1. The van der Waals surface area contributed by atoms with Crippen molar-refractivity contribution in [3.05, 3.63) is 0 Å². The molecule has 1 aliphatic heterocycles. The van der Waals surface area contributed by atoms with Crippen LogP contribution in [-0.4, -0.2) is 156 Å². The smallest absolute Gasteiger partial charge is 0.326 e. The first kappa shape index (κ1) is 31.2. The first-order chi connectivity index (χ1) is 17.0. The fourth-order valence-electron chi connectivity index (χ4n) is 3.85. The Kier molecular flexibility index (Phi) is 14.6. The third kappa shape index (κ3) is 13.3. The zero-order valence-corrected chi connectivity index (χ0v) is 21.1. The third-order valence-electron chi connectivity index (χ3n) is 6.03. The van der Waals surface area contributed by atoms with Crippen LogP contribution in [0.25, 0.3) is 0 Å². The minimum atomic E-state index is -1.23. The van der Waals surface area contributed by atoms with Gasteiger partial charge in [0.25, 0.3) is 0 Å². The predicted octanol–water partition coefficient (Wildman–Crippen LogP) is -2.51. The molecule has 0 spiro atoms. The number of rotatable bonds is 12. The monoisotopic (exact) mass is 516 g/mol. The number of nitrogens with zero attached hydrogens (tertiary/aromatic N) is 4. The van der Waals surface area contributed by atoms with Gasteiger partial charge in [0, 0.05) is 65.8 Å². The van der Waals surface area contributed by atoms with Gasteiger partial charge in [0.2, 0.25) is 11.8 Å². The number of carboxylic acids is 3. The Morgan fingerprint density at radius 2 is 1.11 bits per heavy atom. The quantitative estimate of drug-likeness (QED) is 0.184. The predicted molar refractivity (Wildman–Crippen MR) is 130 cm³/mol. The van der Waals surface area contributed by atoms with Crippen molar-refractivity contribution in [3.8, 4) is 0 Å². The zero-order chi connectivity index (χ0) is 27.1. The molecule has 36 heavy (non-hydrogen) atoms. The van der Waals surface area contributed by atoms with Crippen LogP contribution < -0.4 is 10.6 Å². The fourth-order valence-corrected chi connectivity index (χ4v) is 3.85. The van der Waals surface area contributed by atoms with E-state index in [4.69, 9.17) is 0 Å². The summed E-state index contributed by atoms with van der Waals surface area (Å²) < 4.78 is 0. The molecule has 0 aromatic carbocycles. The van der Waals surface area contributed by atoms with E-state index < -0.39 is 29.9 Å². The fraction of sp³-hybridized carbons (Fsp3) is 0.773. The second kappa shape index (κ2) is 16.8. The summed E-state index contributed by atoms with van der Waals surface area (Å²) >= 11 is 0. The van der Waals surface area contributed by atoms with E-state index in [-0.39, 0.29) is 38.4 Å². The minimum Gasteiger partial charge on any atom is -0.480 e. The number of hydrogen-bond donors (Lipinski definition) is 5. The molecule has 14 nitrogen and oxygen atoms in total. The maximum Gasteiger partial charge on any atom is 0.326 e. The van der Waals surface area contributed by atoms with E-state index in [1.165, 1.54) is 7.05 Å². The molecule has 2 amide bonds. The van der Waals surface area contributed by atoms with Crippen molar-refractivity contribution in [3.63, 3.8) is 0 Å². The van der Waals surface area contributed by atoms with Gasteiger partial charge in [-0.3, -0.25) is 33.9 Å². The summed E-state index contributed by atoms with van der Waals surface area (Å²) in [7, 11) is 1.45. The Morgan fingerprint density at radius 1 is 0.694 bits per heavy atom. The Morgan fingerprint density at radius 3 is 1.47 bits per heavy atom. The van der Waals surface area contributed by atoms with E-state index in [9.17, 15) is 39.3 Å². The van der Waals surface area contributed by atoms with Crippen molar-refractivity contribution in [2.45, 2.75) is 25.8 Å². The summed E-state index contributed by atoms with van der Waals surface area (Å²) in [6.45, 7) is 5.95. The van der Waals surface area contributed by atoms with Gasteiger partial charge in [-0.15, -0.1) is 0 Å². The van der Waals surface area contributed by atoms with Crippen LogP contribution in [0.15, 0.2) is 0 Å². The lowest BCUT2D eigenvalue weighted by molar-refractivity contribution is -0.142. The molecule has 1 rings (SSSR count). The molecule has 206 valence electrons. The van der Waals surface area contributed by atoms with Crippen molar-refractivity contribution < 1.29 is 39.3 Å². The van der Waals surface area contributed by atoms with Crippen LogP contribution in [0.3, 0.4) is 0 Å². The Bertz CT molecular complexity index is 752. The molecule has 0 aliphatic carbocycles. The molecule has 1 heterocycles. The van der Waals surface area contributed by atoms with E-state index in [0.29, 0.717) is 52.4 Å². The van der Waals surface area contributed by atoms with Gasteiger partial charge in [0.15, 0.2) is 0 Å². The van der Waals surface area contributed by atoms with Crippen molar-refractivity contribution in [1.82, 2.24) is 30.2 Å². The van der Waals surface area contributed by atoms with E-state index >= 15 is 0 Å². The van der Waals surface area contributed by atoms with E-state index in [1.54, 1.807) is 9.80 Å². The first-order valence-corrected chi connectivity index (χ1v) is 12.1. The number of aliphatic carboxylic acids is 3. The summed E-state index contributed by atoms with van der Waals surface area (Å²) in [5.41, 5.74) is 0. The van der Waals surface area contributed by atoms with Crippen molar-refractivity contribution >= 4 is 29.7 Å². The number of carbonyl (C=O) groups excluding carboxylic acids is 2. The molecular weight excluding hydrogens is 476 g/mol. The molecular formula is C22H40N6O8. The average molecular weight is 517 g/mol. The van der Waals surface area contributed by atoms with Gasteiger partial charge in [-0.2, -0.15) is 0 Å². The molecule has 5 N–H and O–H groups in total. The second-order valence-electron chi connectivity index (χ2n) is 8.72. The van der Waals surface area contributed by atoms with Gasteiger partial charge in [-0.25, -0.2) is 4.79 Å². The number of hydrogen-bond acceptors (Lipinski definition) is 9. The Balaban J connectivity index is 2.88. The zero-order valence-electron chi connectivity index (χ0n) is 21.1. The summed E-state index contributed by atoms with van der Waals surface area (Å²) in [4.78, 5) is 65.7. The standard InChI is InChI=1S/C22H40N6O8/c1-3-25-6-8-26(14-19(30)24-17(22(35)36)4-5-18(29)23-2)10-11-28(16-21(33)34)13-12-27(9-7-25)15-20(31)32/h17H,3-16H2,1-2H3,(H,23,29)(H,24,30)(H,31,32)(H,33,34)(H,35,36)/t17-/m0/s1. The molecule has 0 radical (unpaired) electrons. The molecule has 14 heteroatoms. The van der Waals surface area contributed by atoms with Crippen molar-refractivity contribution in [2.24, 2.45) is 0 Å². The highest BCUT2D eigenvalue weighted by Gasteiger charge is 2.23. The highest BCUT2D eigenvalue weighted by Crippen LogP contribution is 2.03. The van der Waals surface area contributed by atoms with E-state index in [2.05, 4.69) is 15.5 Å². The number of likely N-dealkylation sites (N-methyl/N-ethyl adjacent to an activating group) is 1. The molecule has 0 aromatic rings. The third-order valence-corrected chi connectivity index (χ3v) is 6.03. The van der Waals surface area contributed by atoms with E-state index in [1.807, 2.05) is 11.8 Å². The average Bonchev–Trinajstić information content (AvgIpc) is 2.80. The lowest BCUT2D eigenvalue weighted by Crippen LogP contribution is -2.50. The summed E-state index contributed by atoms with van der Waals surface area (Å²) in [5, 5.41) is 32.8. The summed E-state index contributed by atoms with van der Waals surface area (Å²) in [6.07, 6.45) is -0.0739. The number of nitrogens with one attached hydrogen (secondary N) is 2. The van der Waals surface area contributed by atoms with Crippen molar-refractivity contribution in [1.29, 1.82) is 0 Å². The van der Waals surface area contributed by atoms with Crippen LogP contribution in [0, 0.1) is 0 Å². The van der Waals surface area contributed by atoms with Gasteiger partial charge in [-0.05, 0) is 13.0 Å². The summed E-state index contributed by atoms with van der Waals surface area (Å²) in [5.74, 6) is -3.99. The maximum atomic E-state index is 12.7. The van der Waals surface area contributed by atoms with Crippen LogP contribution in [0.1, 0.15) is 19.8 Å². The normalized spacial score (nSPS) is 18.4. The van der Waals surface area contributed by atoms with Gasteiger partial charge >= 0.3 is 17.9 Å². The SMILES string of the molecule is CCN1CCN(CC(=O)O)CCN(CC(=O)O)CCN(CC(=O)N[C@@H](CCC(=O)NC)C(=O)O)CC1. The van der Waals surface area contributed by atoms with Crippen molar-refractivity contribution in [2.75, 3.05) is 85.6 Å². The van der Waals surface area contributed by atoms with Gasteiger partial charge in [-0.1, -0.05) is 6.92 Å². The topological polar surface area (TPSA) is 183 Å². The number of amides is 2. The Labute approximate surface area is 211 Å². The molecule has 0 bridgehead atoms. The van der Waals surface area contributed by atoms with E-state index in [0.717, 1.165) is 6.54 Å². The molecule has 0 saturated carbocycles. The number of carboxylic acid groups (broad SMARTS) is 3. The highest BCUT2D eigenvalue weighted by atomic mass is 16.4. The lowest BCUT2D eigenvalue weighted by Gasteiger charge is -2.33. The van der Waals surface area contributed by atoms with Crippen LogP contribution in [0.2, 0.25) is 0 Å².